The molecule has 0 fully saturated rings. The fourth-order valence-corrected chi connectivity index (χ4v) is 0.502. The Labute approximate surface area is 62.0 Å². The minimum atomic E-state index is 0.650. The third-order valence-electron chi connectivity index (χ3n) is 0.960. The lowest BCUT2D eigenvalue weighted by Gasteiger charge is -1.82. The zero-order valence-electron chi connectivity index (χ0n) is 6.17. The Morgan fingerprint density at radius 3 is 2.80 bits per heavy atom. The van der Waals surface area contributed by atoms with Crippen molar-refractivity contribution < 1.29 is 0 Å². The van der Waals surface area contributed by atoms with E-state index in [1.807, 2.05) is 19.1 Å². The molecule has 0 heterocycles. The normalized spacial score (nSPS) is 11.4. The molecule has 10 heavy (non-hydrogen) atoms. The van der Waals surface area contributed by atoms with Crippen LogP contribution in [0.5, 0.6) is 0 Å². The van der Waals surface area contributed by atoms with Crippen LogP contribution in [-0.4, -0.2) is 0 Å². The summed E-state index contributed by atoms with van der Waals surface area (Å²) in [4.78, 5) is 0. The molecule has 0 saturated heterocycles. The van der Waals surface area contributed by atoms with Gasteiger partial charge in [-0.2, -0.15) is 5.26 Å². The average molecular weight is 133 g/mol. The molecular formula is C9H11N. The Kier molecular flexibility index (Phi) is 5.09. The standard InChI is InChI=1S/C9H11N/c1-3-5-7-9(8-10)6-4-2/h4-7H,2-3H2,1H3/b7-5+,9-6+. The third kappa shape index (κ3) is 3.68. The number of allylic oxidation sites excluding steroid dienone is 5. The van der Waals surface area contributed by atoms with Gasteiger partial charge in [0, 0.05) is 0 Å². The summed E-state index contributed by atoms with van der Waals surface area (Å²) in [5.41, 5.74) is 0.650. The van der Waals surface area contributed by atoms with E-state index in [2.05, 4.69) is 6.58 Å². The van der Waals surface area contributed by atoms with Crippen LogP contribution in [0, 0.1) is 11.3 Å². The minimum absolute atomic E-state index is 0.650. The molecule has 52 valence electrons. The zero-order valence-corrected chi connectivity index (χ0v) is 6.17. The van der Waals surface area contributed by atoms with Crippen molar-refractivity contribution in [3.63, 3.8) is 0 Å². The molecule has 0 bridgehead atoms. The van der Waals surface area contributed by atoms with Gasteiger partial charge in [0.1, 0.15) is 0 Å². The fourth-order valence-electron chi connectivity index (χ4n) is 0.502. The molecule has 0 aliphatic rings. The highest BCUT2D eigenvalue weighted by Gasteiger charge is 1.81. The molecular weight excluding hydrogens is 122 g/mol. The highest BCUT2D eigenvalue weighted by atomic mass is 14.2. The third-order valence-corrected chi connectivity index (χ3v) is 0.960. The van der Waals surface area contributed by atoms with Crippen molar-refractivity contribution in [2.45, 2.75) is 13.3 Å². The number of rotatable bonds is 3. The van der Waals surface area contributed by atoms with Gasteiger partial charge in [-0.25, -0.2) is 0 Å². The van der Waals surface area contributed by atoms with Crippen LogP contribution >= 0.6 is 0 Å². The topological polar surface area (TPSA) is 23.8 Å². The van der Waals surface area contributed by atoms with Gasteiger partial charge in [0.15, 0.2) is 0 Å². The first-order valence-corrected chi connectivity index (χ1v) is 3.24. The maximum atomic E-state index is 8.47. The summed E-state index contributed by atoms with van der Waals surface area (Å²) in [6.07, 6.45) is 7.99. The second-order valence-corrected chi connectivity index (χ2v) is 1.78. The lowest BCUT2D eigenvalue weighted by atomic mass is 10.2. The van der Waals surface area contributed by atoms with Gasteiger partial charge >= 0.3 is 0 Å². The molecule has 0 aliphatic heterocycles. The van der Waals surface area contributed by atoms with E-state index in [9.17, 15) is 0 Å². The van der Waals surface area contributed by atoms with Crippen molar-refractivity contribution in [1.29, 1.82) is 5.26 Å². The smallest absolute Gasteiger partial charge is 0.0991 e. The van der Waals surface area contributed by atoms with Crippen LogP contribution in [0.15, 0.2) is 36.5 Å². The summed E-state index contributed by atoms with van der Waals surface area (Å²) >= 11 is 0. The van der Waals surface area contributed by atoms with Crippen LogP contribution in [0.4, 0.5) is 0 Å². The molecule has 0 aromatic carbocycles. The summed E-state index contributed by atoms with van der Waals surface area (Å²) < 4.78 is 0. The van der Waals surface area contributed by atoms with Crippen LogP contribution < -0.4 is 0 Å². The van der Waals surface area contributed by atoms with E-state index in [1.165, 1.54) is 0 Å². The van der Waals surface area contributed by atoms with Gasteiger partial charge in [-0.1, -0.05) is 25.7 Å². The van der Waals surface area contributed by atoms with E-state index in [4.69, 9.17) is 5.26 Å². The maximum absolute atomic E-state index is 8.47. The summed E-state index contributed by atoms with van der Waals surface area (Å²) in [5.74, 6) is 0. The quantitative estimate of drug-likeness (QED) is 0.429. The second-order valence-electron chi connectivity index (χ2n) is 1.78. The summed E-state index contributed by atoms with van der Waals surface area (Å²) in [6.45, 7) is 5.52. The molecule has 0 spiro atoms. The van der Waals surface area contributed by atoms with Crippen LogP contribution in [-0.2, 0) is 0 Å². The Hall–Kier alpha value is -1.29. The van der Waals surface area contributed by atoms with Gasteiger partial charge in [0.25, 0.3) is 0 Å². The molecule has 0 rings (SSSR count). The van der Waals surface area contributed by atoms with Crippen LogP contribution in [0.2, 0.25) is 0 Å². The largest absolute Gasteiger partial charge is 0.192 e. The number of hydrogen-bond donors (Lipinski definition) is 0. The molecule has 0 amide bonds. The predicted molar refractivity (Wildman–Crippen MR) is 43.3 cm³/mol. The maximum Gasteiger partial charge on any atom is 0.0991 e. The summed E-state index contributed by atoms with van der Waals surface area (Å²) in [5, 5.41) is 8.47. The van der Waals surface area contributed by atoms with Crippen LogP contribution in [0.1, 0.15) is 13.3 Å². The van der Waals surface area contributed by atoms with Gasteiger partial charge in [-0.15, -0.1) is 0 Å². The van der Waals surface area contributed by atoms with Crippen molar-refractivity contribution in [3.05, 3.63) is 36.5 Å². The van der Waals surface area contributed by atoms with Gasteiger partial charge in [0.2, 0.25) is 0 Å². The lowest BCUT2D eigenvalue weighted by Crippen LogP contribution is -1.68. The van der Waals surface area contributed by atoms with Gasteiger partial charge in [-0.3, -0.25) is 0 Å². The number of nitrogens with zero attached hydrogens (tertiary/aromatic N) is 1. The summed E-state index contributed by atoms with van der Waals surface area (Å²) in [6, 6.07) is 2.04. The van der Waals surface area contributed by atoms with Gasteiger partial charge < -0.3 is 0 Å². The molecule has 0 N–H and O–H groups in total. The SMILES string of the molecule is C=C/C=C(C#N)\C=C\CC. The van der Waals surface area contributed by atoms with E-state index in [1.54, 1.807) is 18.2 Å². The van der Waals surface area contributed by atoms with Crippen molar-refractivity contribution in [2.24, 2.45) is 0 Å². The van der Waals surface area contributed by atoms with Crippen molar-refractivity contribution in [3.8, 4) is 6.07 Å². The van der Waals surface area contributed by atoms with Crippen molar-refractivity contribution in [1.82, 2.24) is 0 Å². The van der Waals surface area contributed by atoms with Crippen LogP contribution in [0.25, 0.3) is 0 Å². The summed E-state index contributed by atoms with van der Waals surface area (Å²) in [7, 11) is 0. The van der Waals surface area contributed by atoms with E-state index in [-0.39, 0.29) is 0 Å². The lowest BCUT2D eigenvalue weighted by molar-refractivity contribution is 1.22. The molecule has 0 aromatic rings. The minimum Gasteiger partial charge on any atom is -0.192 e. The predicted octanol–water partition coefficient (Wildman–Crippen LogP) is 2.59. The molecule has 1 nitrogen and oxygen atoms in total. The molecule has 0 radical (unpaired) electrons. The Balaban J connectivity index is 4.12. The zero-order chi connectivity index (χ0) is 7.82. The average Bonchev–Trinajstić information content (AvgIpc) is 1.98. The number of hydrogen-bond acceptors (Lipinski definition) is 1. The van der Waals surface area contributed by atoms with Crippen LogP contribution in [0.3, 0.4) is 0 Å². The fraction of sp³-hybridized carbons (Fsp3) is 0.222. The monoisotopic (exact) mass is 133 g/mol. The van der Waals surface area contributed by atoms with E-state index >= 15 is 0 Å². The second kappa shape index (κ2) is 5.84. The van der Waals surface area contributed by atoms with E-state index in [0.717, 1.165) is 6.42 Å². The molecule has 1 heteroatoms. The molecule has 0 unspecified atom stereocenters. The van der Waals surface area contributed by atoms with Gasteiger partial charge in [0.05, 0.1) is 11.6 Å². The molecule has 0 aliphatic carbocycles. The highest BCUT2D eigenvalue weighted by Crippen LogP contribution is 1.95. The molecule has 0 aromatic heterocycles. The number of nitriles is 1. The van der Waals surface area contributed by atoms with Gasteiger partial charge in [-0.05, 0) is 18.6 Å². The first kappa shape index (κ1) is 8.71. The first-order valence-electron chi connectivity index (χ1n) is 3.24. The Morgan fingerprint density at radius 1 is 1.70 bits per heavy atom. The Bertz CT molecular complexity index is 191. The molecule has 0 saturated carbocycles. The first-order chi connectivity index (χ1) is 4.85. The Morgan fingerprint density at radius 2 is 2.40 bits per heavy atom. The molecule has 0 atom stereocenters. The van der Waals surface area contributed by atoms with Crippen molar-refractivity contribution in [2.75, 3.05) is 0 Å². The van der Waals surface area contributed by atoms with E-state index in [0.29, 0.717) is 5.57 Å². The highest BCUT2D eigenvalue weighted by molar-refractivity contribution is 5.35. The van der Waals surface area contributed by atoms with Crippen molar-refractivity contribution >= 4 is 0 Å². The van der Waals surface area contributed by atoms with E-state index < -0.39 is 0 Å².